The number of fused-ring (bicyclic) bond motifs is 2. The van der Waals surface area contributed by atoms with Crippen LogP contribution in [-0.4, -0.2) is 22.5 Å². The summed E-state index contributed by atoms with van der Waals surface area (Å²) < 4.78 is 6.21. The highest BCUT2D eigenvalue weighted by atomic mass is 16.5. The maximum Gasteiger partial charge on any atom is 0.218 e. The van der Waals surface area contributed by atoms with Gasteiger partial charge in [-0.05, 0) is 30.0 Å². The predicted molar refractivity (Wildman–Crippen MR) is 106 cm³/mol. The molecule has 2 aromatic carbocycles. The zero-order valence-electron chi connectivity index (χ0n) is 15.8. The van der Waals surface area contributed by atoms with Crippen molar-refractivity contribution in [1.29, 1.82) is 0 Å². The summed E-state index contributed by atoms with van der Waals surface area (Å²) in [5.41, 5.74) is 4.87. The van der Waals surface area contributed by atoms with E-state index in [2.05, 4.69) is 80.3 Å². The molecule has 3 nitrogen and oxygen atoms in total. The van der Waals surface area contributed by atoms with Gasteiger partial charge in [0.25, 0.3) is 0 Å². The fourth-order valence-corrected chi connectivity index (χ4v) is 3.79. The van der Waals surface area contributed by atoms with E-state index >= 15 is 0 Å². The van der Waals surface area contributed by atoms with Crippen LogP contribution in [0, 0.1) is 0 Å². The zero-order valence-corrected chi connectivity index (χ0v) is 15.8. The lowest BCUT2D eigenvalue weighted by atomic mass is 9.99. The Kier molecular flexibility index (Phi) is 4.64. The molecule has 3 aromatic rings. The third-order valence-corrected chi connectivity index (χ3v) is 5.01. The number of hydrogen-bond acceptors (Lipinski definition) is 3. The van der Waals surface area contributed by atoms with Crippen LogP contribution in [0.15, 0.2) is 54.6 Å². The molecule has 2 heterocycles. The fourth-order valence-electron chi connectivity index (χ4n) is 3.79. The fraction of sp³-hybridized carbons (Fsp3) is 0.348. The lowest BCUT2D eigenvalue weighted by molar-refractivity contribution is 0.153. The molecule has 1 aromatic heterocycles. The number of benzene rings is 2. The number of pyridine rings is 1. The Balaban J connectivity index is 1.71. The first-order chi connectivity index (χ1) is 12.6. The monoisotopic (exact) mass is 346 g/mol. The lowest BCUT2D eigenvalue weighted by Crippen LogP contribution is -2.30. The second-order valence-corrected chi connectivity index (χ2v) is 7.61. The lowest BCUT2D eigenvalue weighted by Gasteiger charge is -2.21. The molecule has 0 spiro atoms. The Morgan fingerprint density at radius 3 is 2.69 bits per heavy atom. The Morgan fingerprint density at radius 2 is 1.92 bits per heavy atom. The van der Waals surface area contributed by atoms with E-state index in [1.807, 2.05) is 0 Å². The molecule has 3 heteroatoms. The van der Waals surface area contributed by atoms with Crippen molar-refractivity contribution in [3.8, 4) is 5.88 Å². The molecule has 0 fully saturated rings. The van der Waals surface area contributed by atoms with Gasteiger partial charge in [0.15, 0.2) is 0 Å². The number of aromatic nitrogens is 1. The molecule has 0 saturated carbocycles. The Labute approximate surface area is 155 Å². The van der Waals surface area contributed by atoms with Crippen molar-refractivity contribution in [3.05, 3.63) is 71.3 Å². The molecule has 1 aliphatic heterocycles. The number of para-hydroxylation sites is 1. The summed E-state index contributed by atoms with van der Waals surface area (Å²) in [5.74, 6) is 1.25. The molecule has 0 radical (unpaired) electrons. The first-order valence-electron chi connectivity index (χ1n) is 9.45. The summed E-state index contributed by atoms with van der Waals surface area (Å²) in [5, 5.41) is 1.20. The van der Waals surface area contributed by atoms with Crippen LogP contribution in [0.2, 0.25) is 0 Å². The summed E-state index contributed by atoms with van der Waals surface area (Å²) in [6.07, 6.45) is 0.121. The van der Waals surface area contributed by atoms with E-state index in [1.54, 1.807) is 0 Å². The van der Waals surface area contributed by atoms with Gasteiger partial charge in [-0.1, -0.05) is 62.4 Å². The van der Waals surface area contributed by atoms with Crippen molar-refractivity contribution in [2.45, 2.75) is 45.9 Å². The highest BCUT2D eigenvalue weighted by Crippen LogP contribution is 2.31. The van der Waals surface area contributed by atoms with Gasteiger partial charge < -0.3 is 4.74 Å². The normalized spacial score (nSPS) is 17.8. The summed E-state index contributed by atoms with van der Waals surface area (Å²) in [6, 6.07) is 19.4. The van der Waals surface area contributed by atoms with Crippen molar-refractivity contribution in [2.75, 3.05) is 6.54 Å². The summed E-state index contributed by atoms with van der Waals surface area (Å²) >= 11 is 0. The molecule has 134 valence electrons. The van der Waals surface area contributed by atoms with E-state index in [0.29, 0.717) is 5.92 Å². The molecule has 4 rings (SSSR count). The molecule has 0 unspecified atom stereocenters. The van der Waals surface area contributed by atoms with Crippen LogP contribution in [0.3, 0.4) is 0 Å². The zero-order chi connectivity index (χ0) is 18.1. The van der Waals surface area contributed by atoms with Crippen LogP contribution in [0.4, 0.5) is 0 Å². The third kappa shape index (κ3) is 3.45. The number of rotatable bonds is 3. The summed E-state index contributed by atoms with van der Waals surface area (Å²) in [7, 11) is 0. The van der Waals surface area contributed by atoms with Crippen molar-refractivity contribution >= 4 is 10.9 Å². The van der Waals surface area contributed by atoms with Crippen molar-refractivity contribution in [1.82, 2.24) is 9.88 Å². The summed E-state index contributed by atoms with van der Waals surface area (Å²) in [6.45, 7) is 9.26. The van der Waals surface area contributed by atoms with Gasteiger partial charge in [0.05, 0.1) is 5.52 Å². The van der Waals surface area contributed by atoms with Crippen LogP contribution in [-0.2, 0) is 13.1 Å². The van der Waals surface area contributed by atoms with Crippen LogP contribution >= 0.6 is 0 Å². The minimum absolute atomic E-state index is 0.121. The van der Waals surface area contributed by atoms with Gasteiger partial charge in [0.2, 0.25) is 5.88 Å². The van der Waals surface area contributed by atoms with Gasteiger partial charge >= 0.3 is 0 Å². The summed E-state index contributed by atoms with van der Waals surface area (Å²) in [4.78, 5) is 7.39. The standard InChI is InChI=1S/C23H26N2O/c1-16(2)21-11-7-10-19-12-20-15-25(14-18-8-5-4-6-9-18)13-17(3)26-23(20)24-22(19)21/h4-12,16-17H,13-15H2,1-3H3/t17-/m1/s1. The van der Waals surface area contributed by atoms with Crippen LogP contribution in [0.5, 0.6) is 5.88 Å². The largest absolute Gasteiger partial charge is 0.473 e. The minimum atomic E-state index is 0.121. The Bertz CT molecular complexity index is 905. The Hall–Kier alpha value is -2.39. The quantitative estimate of drug-likeness (QED) is 0.656. The first kappa shape index (κ1) is 17.0. The van der Waals surface area contributed by atoms with Crippen molar-refractivity contribution in [2.24, 2.45) is 0 Å². The van der Waals surface area contributed by atoms with E-state index < -0.39 is 0 Å². The van der Waals surface area contributed by atoms with Crippen LogP contribution in [0.25, 0.3) is 10.9 Å². The molecule has 0 N–H and O–H groups in total. The molecule has 1 atom stereocenters. The minimum Gasteiger partial charge on any atom is -0.473 e. The molecule has 0 aliphatic carbocycles. The topological polar surface area (TPSA) is 25.4 Å². The average molecular weight is 346 g/mol. The number of hydrogen-bond donors (Lipinski definition) is 0. The molecular weight excluding hydrogens is 320 g/mol. The number of ether oxygens (including phenoxy) is 1. The van der Waals surface area contributed by atoms with Gasteiger partial charge in [-0.2, -0.15) is 0 Å². The highest BCUT2D eigenvalue weighted by Gasteiger charge is 2.22. The van der Waals surface area contributed by atoms with Crippen molar-refractivity contribution < 1.29 is 4.74 Å². The number of nitrogens with zero attached hydrogens (tertiary/aromatic N) is 2. The third-order valence-electron chi connectivity index (χ3n) is 5.01. The predicted octanol–water partition coefficient (Wildman–Crippen LogP) is 5.14. The van der Waals surface area contributed by atoms with E-state index in [4.69, 9.17) is 9.72 Å². The smallest absolute Gasteiger partial charge is 0.218 e. The molecular formula is C23H26N2O. The van der Waals surface area contributed by atoms with Gasteiger partial charge in [-0.15, -0.1) is 0 Å². The molecule has 0 saturated heterocycles. The average Bonchev–Trinajstić information content (AvgIpc) is 2.76. The van der Waals surface area contributed by atoms with E-state index in [9.17, 15) is 0 Å². The maximum atomic E-state index is 6.21. The molecule has 0 bridgehead atoms. The maximum absolute atomic E-state index is 6.21. The first-order valence-corrected chi connectivity index (χ1v) is 9.45. The van der Waals surface area contributed by atoms with Gasteiger partial charge in [-0.3, -0.25) is 4.90 Å². The highest BCUT2D eigenvalue weighted by molar-refractivity contribution is 5.83. The van der Waals surface area contributed by atoms with E-state index in [1.165, 1.54) is 22.1 Å². The second-order valence-electron chi connectivity index (χ2n) is 7.61. The van der Waals surface area contributed by atoms with E-state index in [0.717, 1.165) is 31.0 Å². The SMILES string of the molecule is CC(C)c1cccc2cc3c(nc12)O[C@H](C)CN(Cc1ccccc1)C3. The Morgan fingerprint density at radius 1 is 1.12 bits per heavy atom. The molecule has 26 heavy (non-hydrogen) atoms. The van der Waals surface area contributed by atoms with Gasteiger partial charge in [-0.25, -0.2) is 4.98 Å². The van der Waals surface area contributed by atoms with Gasteiger partial charge in [0, 0.05) is 30.6 Å². The van der Waals surface area contributed by atoms with Crippen molar-refractivity contribution in [3.63, 3.8) is 0 Å². The van der Waals surface area contributed by atoms with E-state index in [-0.39, 0.29) is 6.10 Å². The van der Waals surface area contributed by atoms with Crippen LogP contribution < -0.4 is 4.74 Å². The second kappa shape index (κ2) is 7.08. The molecule has 1 aliphatic rings. The molecule has 0 amide bonds. The van der Waals surface area contributed by atoms with Crippen LogP contribution in [0.1, 0.15) is 43.4 Å². The van der Waals surface area contributed by atoms with Gasteiger partial charge in [0.1, 0.15) is 6.10 Å².